The maximum absolute atomic E-state index is 13.1. The van der Waals surface area contributed by atoms with Crippen molar-refractivity contribution in [3.05, 3.63) is 71.4 Å². The lowest BCUT2D eigenvalue weighted by atomic mass is 9.78. The minimum Gasteiger partial charge on any atom is -0.367 e. The summed E-state index contributed by atoms with van der Waals surface area (Å²) in [6.45, 7) is 1.06. The van der Waals surface area contributed by atoms with E-state index in [1.54, 1.807) is 6.20 Å². The molecule has 7 nitrogen and oxygen atoms in total. The summed E-state index contributed by atoms with van der Waals surface area (Å²) < 4.78 is 0. The van der Waals surface area contributed by atoms with Gasteiger partial charge in [0, 0.05) is 24.3 Å². The van der Waals surface area contributed by atoms with Crippen LogP contribution in [0.4, 0.5) is 17.5 Å². The van der Waals surface area contributed by atoms with Crippen LogP contribution in [-0.2, 0) is 10.2 Å². The maximum atomic E-state index is 13.1. The van der Waals surface area contributed by atoms with Crippen LogP contribution in [0.2, 0.25) is 5.02 Å². The summed E-state index contributed by atoms with van der Waals surface area (Å²) in [6.07, 6.45) is 5.56. The number of pyridine rings is 1. The highest BCUT2D eigenvalue weighted by Gasteiger charge is 2.42. The Morgan fingerprint density at radius 2 is 1.65 bits per heavy atom. The molecule has 0 bridgehead atoms. The summed E-state index contributed by atoms with van der Waals surface area (Å²) in [5.74, 6) is 2.05. The molecule has 2 aromatic heterocycles. The van der Waals surface area contributed by atoms with Gasteiger partial charge in [-0.2, -0.15) is 0 Å². The monoisotopic (exact) mass is 436 g/mol. The molecule has 1 aliphatic carbocycles. The Morgan fingerprint density at radius 1 is 0.903 bits per heavy atom. The second kappa shape index (κ2) is 9.75. The lowest BCUT2D eigenvalue weighted by Crippen LogP contribution is -2.44. The van der Waals surface area contributed by atoms with Gasteiger partial charge in [0.1, 0.15) is 11.6 Å². The van der Waals surface area contributed by atoms with E-state index in [1.165, 1.54) is 0 Å². The average molecular weight is 437 g/mol. The predicted molar refractivity (Wildman–Crippen MR) is 123 cm³/mol. The van der Waals surface area contributed by atoms with E-state index in [4.69, 9.17) is 11.6 Å². The van der Waals surface area contributed by atoms with Gasteiger partial charge >= 0.3 is 0 Å². The van der Waals surface area contributed by atoms with E-state index in [-0.39, 0.29) is 5.91 Å². The molecular formula is C23H25ClN6O. The van der Waals surface area contributed by atoms with Crippen molar-refractivity contribution in [2.24, 2.45) is 0 Å². The van der Waals surface area contributed by atoms with E-state index in [2.05, 4.69) is 31.1 Å². The van der Waals surface area contributed by atoms with E-state index in [9.17, 15) is 4.79 Å². The van der Waals surface area contributed by atoms with Gasteiger partial charge in [-0.3, -0.25) is 4.79 Å². The number of amides is 1. The van der Waals surface area contributed by atoms with Gasteiger partial charge in [0.25, 0.3) is 0 Å². The zero-order valence-electron chi connectivity index (χ0n) is 17.1. The molecule has 8 heteroatoms. The van der Waals surface area contributed by atoms with Crippen LogP contribution in [0.25, 0.3) is 0 Å². The fraction of sp³-hybridized carbons (Fsp3) is 0.304. The van der Waals surface area contributed by atoms with Crippen LogP contribution in [-0.4, -0.2) is 34.2 Å². The number of rotatable bonds is 8. The Kier molecular flexibility index (Phi) is 6.62. The maximum Gasteiger partial charge on any atom is 0.230 e. The van der Waals surface area contributed by atoms with Crippen LogP contribution < -0.4 is 16.0 Å². The summed E-state index contributed by atoms with van der Waals surface area (Å²) >= 11 is 6.03. The average Bonchev–Trinajstić information content (AvgIpc) is 3.30. The predicted octanol–water partition coefficient (Wildman–Crippen LogP) is 4.31. The molecule has 0 radical (unpaired) electrons. The molecular weight excluding hydrogens is 412 g/mol. The molecule has 2 heterocycles. The largest absolute Gasteiger partial charge is 0.367 e. The first-order chi connectivity index (χ1) is 15.2. The molecule has 31 heavy (non-hydrogen) atoms. The molecule has 1 aromatic carbocycles. The fourth-order valence-electron chi connectivity index (χ4n) is 3.99. The van der Waals surface area contributed by atoms with Gasteiger partial charge in [-0.05, 0) is 54.8 Å². The molecule has 4 rings (SSSR count). The first kappa shape index (κ1) is 21.1. The van der Waals surface area contributed by atoms with Gasteiger partial charge < -0.3 is 16.0 Å². The highest BCUT2D eigenvalue weighted by Crippen LogP contribution is 2.41. The van der Waals surface area contributed by atoms with Crippen molar-refractivity contribution >= 4 is 35.0 Å². The van der Waals surface area contributed by atoms with Gasteiger partial charge in [-0.15, -0.1) is 10.2 Å². The minimum atomic E-state index is -0.455. The number of benzene rings is 1. The molecule has 1 saturated carbocycles. The third-order valence-corrected chi connectivity index (χ3v) is 5.84. The second-order valence-corrected chi connectivity index (χ2v) is 8.06. The zero-order chi connectivity index (χ0) is 21.5. The van der Waals surface area contributed by atoms with E-state index in [0.29, 0.717) is 35.6 Å². The number of halogens is 1. The molecule has 3 aromatic rings. The molecule has 0 atom stereocenters. The van der Waals surface area contributed by atoms with Gasteiger partial charge in [-0.1, -0.05) is 42.6 Å². The van der Waals surface area contributed by atoms with Crippen molar-refractivity contribution in [3.8, 4) is 0 Å². The normalized spacial score (nSPS) is 14.7. The van der Waals surface area contributed by atoms with Gasteiger partial charge in [-0.25, -0.2) is 4.98 Å². The highest BCUT2D eigenvalue weighted by atomic mass is 35.5. The third kappa shape index (κ3) is 5.11. The standard InChI is InChI=1S/C23H25ClN6O/c24-18-8-6-17(7-9-18)23(12-2-3-13-23)22(31)27-16-15-26-20-10-11-21(30-29-20)28-19-5-1-4-14-25-19/h1,4-11,14H,2-3,12-13,15-16H2,(H,26,29)(H,27,31)(H,25,28,30). The molecule has 0 aliphatic heterocycles. The number of aromatic nitrogens is 3. The van der Waals surface area contributed by atoms with Gasteiger partial charge in [0.15, 0.2) is 5.82 Å². The molecule has 0 unspecified atom stereocenters. The number of anilines is 3. The molecule has 1 amide bonds. The van der Waals surface area contributed by atoms with Gasteiger partial charge in [0.05, 0.1) is 5.41 Å². The Hall–Kier alpha value is -3.19. The first-order valence-electron chi connectivity index (χ1n) is 10.5. The van der Waals surface area contributed by atoms with E-state index in [0.717, 1.165) is 31.2 Å². The SMILES string of the molecule is O=C(NCCNc1ccc(Nc2ccccn2)nn1)C1(c2ccc(Cl)cc2)CCCC1. The number of hydrogen-bond donors (Lipinski definition) is 3. The van der Waals surface area contributed by atoms with Crippen molar-refractivity contribution in [3.63, 3.8) is 0 Å². The highest BCUT2D eigenvalue weighted by molar-refractivity contribution is 6.30. The number of hydrogen-bond acceptors (Lipinski definition) is 6. The number of nitrogens with zero attached hydrogens (tertiary/aromatic N) is 3. The number of nitrogens with one attached hydrogen (secondary N) is 3. The molecule has 160 valence electrons. The van der Waals surface area contributed by atoms with Gasteiger partial charge in [0.2, 0.25) is 5.91 Å². The number of carbonyl (C=O) groups excluding carboxylic acids is 1. The lowest BCUT2D eigenvalue weighted by Gasteiger charge is -2.28. The van der Waals surface area contributed by atoms with Crippen molar-refractivity contribution in [2.45, 2.75) is 31.1 Å². The second-order valence-electron chi connectivity index (χ2n) is 7.62. The summed E-state index contributed by atoms with van der Waals surface area (Å²) in [5.41, 5.74) is 0.588. The Morgan fingerprint density at radius 3 is 2.32 bits per heavy atom. The van der Waals surface area contributed by atoms with Crippen molar-refractivity contribution in [1.82, 2.24) is 20.5 Å². The van der Waals surface area contributed by atoms with E-state index in [1.807, 2.05) is 54.6 Å². The van der Waals surface area contributed by atoms with Crippen molar-refractivity contribution in [2.75, 3.05) is 23.7 Å². The molecule has 1 aliphatic rings. The first-order valence-corrected chi connectivity index (χ1v) is 10.8. The van der Waals surface area contributed by atoms with E-state index < -0.39 is 5.41 Å². The molecule has 0 spiro atoms. The quantitative estimate of drug-likeness (QED) is 0.456. The van der Waals surface area contributed by atoms with Crippen LogP contribution in [0.3, 0.4) is 0 Å². The van der Waals surface area contributed by atoms with Crippen LogP contribution >= 0.6 is 11.6 Å². The van der Waals surface area contributed by atoms with Crippen molar-refractivity contribution < 1.29 is 4.79 Å². The smallest absolute Gasteiger partial charge is 0.230 e. The molecule has 0 saturated heterocycles. The lowest BCUT2D eigenvalue weighted by molar-refractivity contribution is -0.126. The fourth-order valence-corrected chi connectivity index (χ4v) is 4.12. The Labute approximate surface area is 186 Å². The Bertz CT molecular complexity index is 989. The van der Waals surface area contributed by atoms with Crippen LogP contribution in [0.15, 0.2) is 60.8 Å². The summed E-state index contributed by atoms with van der Waals surface area (Å²) in [5, 5.41) is 18.4. The minimum absolute atomic E-state index is 0.0788. The van der Waals surface area contributed by atoms with E-state index >= 15 is 0 Å². The van der Waals surface area contributed by atoms with Crippen molar-refractivity contribution in [1.29, 1.82) is 0 Å². The summed E-state index contributed by atoms with van der Waals surface area (Å²) in [6, 6.07) is 16.9. The molecule has 1 fully saturated rings. The topological polar surface area (TPSA) is 91.8 Å². The zero-order valence-corrected chi connectivity index (χ0v) is 17.9. The van der Waals surface area contributed by atoms with Crippen LogP contribution in [0, 0.1) is 0 Å². The Balaban J connectivity index is 1.28. The summed E-state index contributed by atoms with van der Waals surface area (Å²) in [4.78, 5) is 17.3. The van der Waals surface area contributed by atoms with Crippen LogP contribution in [0.5, 0.6) is 0 Å². The summed E-state index contributed by atoms with van der Waals surface area (Å²) in [7, 11) is 0. The number of carbonyl (C=O) groups is 1. The molecule has 3 N–H and O–H groups in total. The van der Waals surface area contributed by atoms with Crippen LogP contribution in [0.1, 0.15) is 31.2 Å². The third-order valence-electron chi connectivity index (χ3n) is 5.59.